The van der Waals surface area contributed by atoms with Crippen molar-refractivity contribution in [2.45, 2.75) is 0 Å². The zero-order valence-corrected chi connectivity index (χ0v) is 11.9. The average molecular weight is 345 g/mol. The molecule has 0 aliphatic heterocycles. The fourth-order valence-corrected chi connectivity index (χ4v) is 1.70. The van der Waals surface area contributed by atoms with Gasteiger partial charge in [0.1, 0.15) is 0 Å². The molecule has 8 nitrogen and oxygen atoms in total. The van der Waals surface area contributed by atoms with E-state index >= 15 is 0 Å². The van der Waals surface area contributed by atoms with Crippen LogP contribution in [0.15, 0.2) is 22.7 Å². The summed E-state index contributed by atoms with van der Waals surface area (Å²) >= 11 is 3.19. The molecule has 0 fully saturated rings. The van der Waals surface area contributed by atoms with Crippen LogP contribution in [0.25, 0.3) is 0 Å². The highest BCUT2D eigenvalue weighted by molar-refractivity contribution is 9.10. The summed E-state index contributed by atoms with van der Waals surface area (Å²) in [7, 11) is 0. The van der Waals surface area contributed by atoms with Gasteiger partial charge >= 0.3 is 18.0 Å². The highest BCUT2D eigenvalue weighted by Gasteiger charge is 2.12. The van der Waals surface area contributed by atoms with Crippen LogP contribution in [0.1, 0.15) is 10.4 Å². The Labute approximate surface area is 122 Å². The summed E-state index contributed by atoms with van der Waals surface area (Å²) in [5.74, 6) is -1.15. The van der Waals surface area contributed by atoms with Gasteiger partial charge in [-0.15, -0.1) is 0 Å². The first kappa shape index (κ1) is 15.8. The lowest BCUT2D eigenvalue weighted by atomic mass is 10.2. The van der Waals surface area contributed by atoms with Crippen LogP contribution in [0.2, 0.25) is 0 Å². The number of nitrogens with one attached hydrogen (secondary N) is 3. The molecule has 108 valence electrons. The number of halogens is 1. The van der Waals surface area contributed by atoms with Gasteiger partial charge in [0.25, 0.3) is 0 Å². The van der Waals surface area contributed by atoms with Crippen molar-refractivity contribution in [2.75, 3.05) is 18.4 Å². The number of hydrogen-bond acceptors (Lipinski definition) is 3. The Hall–Kier alpha value is -2.29. The average Bonchev–Trinajstić information content (AvgIpc) is 2.34. The molecule has 0 atom stereocenters. The Morgan fingerprint density at radius 3 is 2.45 bits per heavy atom. The van der Waals surface area contributed by atoms with E-state index in [4.69, 9.17) is 10.8 Å². The standard InChI is InChI=1S/C11H13BrN4O4/c12-6-1-2-7(9(17)18)8(5-6)16-11(20)15-4-3-14-10(13)19/h1-2,5H,3-4H2,(H,17,18)(H3,13,14,19)(H2,15,16,20). The van der Waals surface area contributed by atoms with Gasteiger partial charge in [-0.05, 0) is 18.2 Å². The quantitative estimate of drug-likeness (QED) is 0.508. The highest BCUT2D eigenvalue weighted by atomic mass is 79.9. The van der Waals surface area contributed by atoms with Gasteiger partial charge in [-0.25, -0.2) is 14.4 Å². The SMILES string of the molecule is NC(=O)NCCNC(=O)Nc1cc(Br)ccc1C(=O)O. The van der Waals surface area contributed by atoms with Crippen LogP contribution in [0.5, 0.6) is 0 Å². The molecule has 0 unspecified atom stereocenters. The number of rotatable bonds is 5. The van der Waals surface area contributed by atoms with Gasteiger partial charge in [0, 0.05) is 17.6 Å². The third kappa shape index (κ3) is 5.14. The summed E-state index contributed by atoms with van der Waals surface area (Å²) in [6.45, 7) is 0.332. The molecule has 1 aromatic rings. The fourth-order valence-electron chi connectivity index (χ4n) is 1.33. The lowest BCUT2D eigenvalue weighted by molar-refractivity contribution is 0.0698. The minimum absolute atomic E-state index is 0.0291. The lowest BCUT2D eigenvalue weighted by Crippen LogP contribution is -2.38. The predicted molar refractivity (Wildman–Crippen MR) is 75.7 cm³/mol. The second kappa shape index (κ2) is 7.34. The molecule has 0 aromatic heterocycles. The molecule has 9 heteroatoms. The molecule has 1 rings (SSSR count). The maximum atomic E-state index is 11.6. The number of primary amides is 1. The van der Waals surface area contributed by atoms with Gasteiger partial charge in [0.2, 0.25) is 0 Å². The van der Waals surface area contributed by atoms with E-state index in [2.05, 4.69) is 31.9 Å². The monoisotopic (exact) mass is 344 g/mol. The van der Waals surface area contributed by atoms with Gasteiger partial charge in [0.05, 0.1) is 11.3 Å². The number of carbonyl (C=O) groups excluding carboxylic acids is 2. The number of anilines is 1. The van der Waals surface area contributed by atoms with Gasteiger partial charge < -0.3 is 26.8 Å². The molecule has 1 aromatic carbocycles. The van der Waals surface area contributed by atoms with Gasteiger partial charge in [-0.2, -0.15) is 0 Å². The van der Waals surface area contributed by atoms with Crippen molar-refractivity contribution in [3.8, 4) is 0 Å². The maximum absolute atomic E-state index is 11.6. The summed E-state index contributed by atoms with van der Waals surface area (Å²) in [5, 5.41) is 16.2. The van der Waals surface area contributed by atoms with Crippen molar-refractivity contribution in [3.63, 3.8) is 0 Å². The molecule has 0 heterocycles. The fraction of sp³-hybridized carbons (Fsp3) is 0.182. The zero-order chi connectivity index (χ0) is 15.1. The molecule has 0 radical (unpaired) electrons. The molecule has 4 amide bonds. The second-order valence-electron chi connectivity index (χ2n) is 3.67. The van der Waals surface area contributed by atoms with Crippen LogP contribution >= 0.6 is 15.9 Å². The summed E-state index contributed by atoms with van der Waals surface area (Å²) in [6.07, 6.45) is 0. The maximum Gasteiger partial charge on any atom is 0.337 e. The van der Waals surface area contributed by atoms with Crippen molar-refractivity contribution in [2.24, 2.45) is 5.73 Å². The number of amides is 4. The predicted octanol–water partition coefficient (Wildman–Crippen LogP) is 0.937. The zero-order valence-electron chi connectivity index (χ0n) is 10.3. The van der Waals surface area contributed by atoms with Crippen molar-refractivity contribution in [1.29, 1.82) is 0 Å². The molecule has 0 aliphatic rings. The molecule has 0 bridgehead atoms. The number of nitrogens with two attached hydrogens (primary N) is 1. The Bertz CT molecular complexity index is 535. The first-order valence-corrected chi connectivity index (χ1v) is 6.30. The van der Waals surface area contributed by atoms with Crippen LogP contribution in [0.3, 0.4) is 0 Å². The minimum Gasteiger partial charge on any atom is -0.478 e. The van der Waals surface area contributed by atoms with E-state index < -0.39 is 18.0 Å². The van der Waals surface area contributed by atoms with Crippen LogP contribution < -0.4 is 21.7 Å². The minimum atomic E-state index is -1.15. The number of benzene rings is 1. The number of carboxylic acid groups (broad SMARTS) is 1. The van der Waals surface area contributed by atoms with Crippen LogP contribution in [-0.4, -0.2) is 36.2 Å². The third-order valence-electron chi connectivity index (χ3n) is 2.17. The van der Waals surface area contributed by atoms with Crippen LogP contribution in [0.4, 0.5) is 15.3 Å². The normalized spacial score (nSPS) is 9.65. The molecule has 0 saturated carbocycles. The number of aromatic carboxylic acids is 1. The molecule has 0 aliphatic carbocycles. The first-order chi connectivity index (χ1) is 9.40. The van der Waals surface area contributed by atoms with Gasteiger partial charge in [-0.1, -0.05) is 15.9 Å². The number of carboxylic acids is 1. The van der Waals surface area contributed by atoms with E-state index in [-0.39, 0.29) is 24.3 Å². The molecule has 0 saturated heterocycles. The van der Waals surface area contributed by atoms with Crippen molar-refractivity contribution >= 4 is 39.6 Å². The summed E-state index contributed by atoms with van der Waals surface area (Å²) in [6, 6.07) is 3.13. The Kier molecular flexibility index (Phi) is 5.78. The van der Waals surface area contributed by atoms with E-state index in [1.165, 1.54) is 12.1 Å². The van der Waals surface area contributed by atoms with Crippen molar-refractivity contribution in [1.82, 2.24) is 10.6 Å². The van der Waals surface area contributed by atoms with E-state index in [9.17, 15) is 14.4 Å². The van der Waals surface area contributed by atoms with E-state index in [1.807, 2.05) is 0 Å². The number of hydrogen-bond donors (Lipinski definition) is 5. The Morgan fingerprint density at radius 1 is 1.20 bits per heavy atom. The van der Waals surface area contributed by atoms with Crippen LogP contribution in [0, 0.1) is 0 Å². The molecular formula is C11H13BrN4O4. The third-order valence-corrected chi connectivity index (χ3v) is 2.66. The van der Waals surface area contributed by atoms with E-state index in [0.717, 1.165) is 0 Å². The lowest BCUT2D eigenvalue weighted by Gasteiger charge is -2.10. The summed E-state index contributed by atoms with van der Waals surface area (Å²) in [5.41, 5.74) is 4.98. The van der Waals surface area contributed by atoms with Gasteiger partial charge in [0.15, 0.2) is 0 Å². The largest absolute Gasteiger partial charge is 0.478 e. The Morgan fingerprint density at radius 2 is 1.85 bits per heavy atom. The van der Waals surface area contributed by atoms with E-state index in [0.29, 0.717) is 4.47 Å². The summed E-state index contributed by atoms with van der Waals surface area (Å²) in [4.78, 5) is 33.0. The van der Waals surface area contributed by atoms with Gasteiger partial charge in [-0.3, -0.25) is 0 Å². The smallest absolute Gasteiger partial charge is 0.337 e. The first-order valence-electron chi connectivity index (χ1n) is 5.51. The van der Waals surface area contributed by atoms with Crippen molar-refractivity contribution < 1.29 is 19.5 Å². The molecular weight excluding hydrogens is 332 g/mol. The molecule has 0 spiro atoms. The van der Waals surface area contributed by atoms with E-state index in [1.54, 1.807) is 6.07 Å². The van der Waals surface area contributed by atoms with Crippen LogP contribution in [-0.2, 0) is 0 Å². The summed E-state index contributed by atoms with van der Waals surface area (Å²) < 4.78 is 0.633. The Balaban J connectivity index is 2.59. The molecule has 20 heavy (non-hydrogen) atoms. The number of carbonyl (C=O) groups is 3. The highest BCUT2D eigenvalue weighted by Crippen LogP contribution is 2.21. The number of urea groups is 2. The van der Waals surface area contributed by atoms with Crippen molar-refractivity contribution in [3.05, 3.63) is 28.2 Å². The second-order valence-corrected chi connectivity index (χ2v) is 4.58. The topological polar surface area (TPSA) is 134 Å². The molecule has 6 N–H and O–H groups in total.